The van der Waals surface area contributed by atoms with Crippen molar-refractivity contribution < 1.29 is 14.6 Å². The van der Waals surface area contributed by atoms with Crippen molar-refractivity contribution in [3.05, 3.63) is 12.7 Å². The summed E-state index contributed by atoms with van der Waals surface area (Å²) in [6, 6.07) is 0. The third-order valence-electron chi connectivity index (χ3n) is 2.79. The molecule has 0 spiro atoms. The summed E-state index contributed by atoms with van der Waals surface area (Å²) in [7, 11) is 0. The molecule has 0 unspecified atom stereocenters. The third-order valence-corrected chi connectivity index (χ3v) is 2.79. The van der Waals surface area contributed by atoms with Crippen molar-refractivity contribution in [1.82, 2.24) is 5.32 Å². The average Bonchev–Trinajstić information content (AvgIpc) is 2.20. The molecule has 2 N–H and O–H groups in total. The molecule has 0 radical (unpaired) electrons. The third kappa shape index (κ3) is 3.91. The minimum atomic E-state index is -0.409. The van der Waals surface area contributed by atoms with Crippen LogP contribution in [0.1, 0.15) is 32.6 Å². The Balaban J connectivity index is 2.35. The second-order valence-electron chi connectivity index (χ2n) is 4.30. The molecule has 15 heavy (non-hydrogen) atoms. The summed E-state index contributed by atoms with van der Waals surface area (Å²) in [5.41, 5.74) is -0.239. The molecule has 0 aliphatic heterocycles. The lowest BCUT2D eigenvalue weighted by molar-refractivity contribution is 0.0826. The Hall–Kier alpha value is -1.03. The summed E-state index contributed by atoms with van der Waals surface area (Å²) in [4.78, 5) is 11.3. The summed E-state index contributed by atoms with van der Waals surface area (Å²) < 4.78 is 4.86. The fourth-order valence-corrected chi connectivity index (χ4v) is 1.78. The van der Waals surface area contributed by atoms with E-state index in [0.29, 0.717) is 0 Å². The maximum atomic E-state index is 11.3. The lowest BCUT2D eigenvalue weighted by Crippen LogP contribution is -2.49. The number of rotatable bonds is 3. The second kappa shape index (κ2) is 5.16. The van der Waals surface area contributed by atoms with Crippen molar-refractivity contribution in [2.45, 2.75) is 44.2 Å². The normalized spacial score (nSPS) is 30.7. The van der Waals surface area contributed by atoms with Gasteiger partial charge in [0.2, 0.25) is 0 Å². The molecule has 0 aromatic carbocycles. The summed E-state index contributed by atoms with van der Waals surface area (Å²) in [6.07, 6.45) is 3.95. The Morgan fingerprint density at radius 3 is 2.80 bits per heavy atom. The van der Waals surface area contributed by atoms with Gasteiger partial charge in [-0.3, -0.25) is 0 Å². The maximum absolute atomic E-state index is 11.3. The van der Waals surface area contributed by atoms with E-state index in [9.17, 15) is 9.90 Å². The molecule has 4 nitrogen and oxygen atoms in total. The molecule has 0 aromatic rings. The Labute approximate surface area is 90.3 Å². The lowest BCUT2D eigenvalue weighted by atomic mass is 9.82. The van der Waals surface area contributed by atoms with Crippen LogP contribution in [0.5, 0.6) is 0 Å². The van der Waals surface area contributed by atoms with Crippen molar-refractivity contribution in [3.8, 4) is 0 Å². The van der Waals surface area contributed by atoms with Crippen LogP contribution in [0.15, 0.2) is 12.7 Å². The first-order chi connectivity index (χ1) is 7.06. The molecule has 0 aromatic heterocycles. The van der Waals surface area contributed by atoms with Gasteiger partial charge in [0.25, 0.3) is 0 Å². The SMILES string of the molecule is C=CCOC(=O)NC1(C)CCC(O)CC1. The monoisotopic (exact) mass is 213 g/mol. The smallest absolute Gasteiger partial charge is 0.407 e. The number of alkyl carbamates (subject to hydrolysis) is 1. The molecule has 0 atom stereocenters. The number of ether oxygens (including phenoxy) is 1. The molecule has 1 fully saturated rings. The molecule has 1 aliphatic carbocycles. The van der Waals surface area contributed by atoms with Crippen LogP contribution in [0.4, 0.5) is 4.79 Å². The molecule has 0 saturated heterocycles. The predicted molar refractivity (Wildman–Crippen MR) is 57.6 cm³/mol. The van der Waals surface area contributed by atoms with Crippen molar-refractivity contribution in [3.63, 3.8) is 0 Å². The van der Waals surface area contributed by atoms with Gasteiger partial charge in [0.1, 0.15) is 6.61 Å². The van der Waals surface area contributed by atoms with Gasteiger partial charge in [-0.2, -0.15) is 0 Å². The number of hydrogen-bond acceptors (Lipinski definition) is 3. The van der Waals surface area contributed by atoms with Gasteiger partial charge in [0, 0.05) is 5.54 Å². The summed E-state index contributed by atoms with van der Waals surface area (Å²) in [5.74, 6) is 0. The van der Waals surface area contributed by atoms with Gasteiger partial charge in [0.15, 0.2) is 0 Å². The number of hydrogen-bond donors (Lipinski definition) is 2. The van der Waals surface area contributed by atoms with E-state index in [1.54, 1.807) is 0 Å². The molecule has 1 saturated carbocycles. The van der Waals surface area contributed by atoms with Gasteiger partial charge in [-0.15, -0.1) is 0 Å². The summed E-state index contributed by atoms with van der Waals surface area (Å²) in [5, 5.41) is 12.2. The zero-order valence-corrected chi connectivity index (χ0v) is 9.16. The Kier molecular flexibility index (Phi) is 4.15. The topological polar surface area (TPSA) is 58.6 Å². The molecule has 4 heteroatoms. The van der Waals surface area contributed by atoms with Crippen LogP contribution in [0.25, 0.3) is 0 Å². The highest BCUT2D eigenvalue weighted by Gasteiger charge is 2.31. The second-order valence-corrected chi connectivity index (χ2v) is 4.30. The standard InChI is InChI=1S/C11H19NO3/c1-3-8-15-10(14)12-11(2)6-4-9(13)5-7-11/h3,9,13H,1,4-8H2,2H3,(H,12,14). The molecular weight excluding hydrogens is 194 g/mol. The van der Waals surface area contributed by atoms with E-state index in [1.165, 1.54) is 6.08 Å². The Morgan fingerprint density at radius 2 is 2.27 bits per heavy atom. The summed E-state index contributed by atoms with van der Waals surface area (Å²) >= 11 is 0. The van der Waals surface area contributed by atoms with Crippen LogP contribution in [0.2, 0.25) is 0 Å². The van der Waals surface area contributed by atoms with Gasteiger partial charge in [-0.05, 0) is 32.6 Å². The number of nitrogens with one attached hydrogen (secondary N) is 1. The van der Waals surface area contributed by atoms with E-state index in [4.69, 9.17) is 4.74 Å². The molecule has 1 aliphatic rings. The number of carbonyl (C=O) groups is 1. The largest absolute Gasteiger partial charge is 0.445 e. The molecule has 0 heterocycles. The summed E-state index contributed by atoms with van der Waals surface area (Å²) in [6.45, 7) is 5.68. The van der Waals surface area contributed by atoms with Crippen molar-refractivity contribution in [1.29, 1.82) is 0 Å². The van der Waals surface area contributed by atoms with E-state index in [0.717, 1.165) is 25.7 Å². The average molecular weight is 213 g/mol. The highest BCUT2D eigenvalue weighted by atomic mass is 16.5. The molecule has 1 rings (SSSR count). The zero-order valence-electron chi connectivity index (χ0n) is 9.16. The Morgan fingerprint density at radius 1 is 1.67 bits per heavy atom. The minimum absolute atomic E-state index is 0.218. The maximum Gasteiger partial charge on any atom is 0.407 e. The number of aliphatic hydroxyl groups excluding tert-OH is 1. The highest BCUT2D eigenvalue weighted by Crippen LogP contribution is 2.27. The highest BCUT2D eigenvalue weighted by molar-refractivity contribution is 5.68. The predicted octanol–water partition coefficient (Wildman–Crippen LogP) is 1.59. The molecular formula is C11H19NO3. The minimum Gasteiger partial charge on any atom is -0.445 e. The van der Waals surface area contributed by atoms with Gasteiger partial charge in [-0.25, -0.2) is 4.79 Å². The van der Waals surface area contributed by atoms with Gasteiger partial charge < -0.3 is 15.2 Å². The molecule has 86 valence electrons. The first-order valence-electron chi connectivity index (χ1n) is 5.30. The van der Waals surface area contributed by atoms with Crippen LogP contribution in [-0.2, 0) is 4.74 Å². The van der Waals surface area contributed by atoms with Crippen molar-refractivity contribution in [2.24, 2.45) is 0 Å². The van der Waals surface area contributed by atoms with E-state index in [1.807, 2.05) is 6.92 Å². The number of aliphatic hydroxyl groups is 1. The van der Waals surface area contributed by atoms with E-state index in [-0.39, 0.29) is 18.2 Å². The van der Waals surface area contributed by atoms with Crippen LogP contribution in [0, 0.1) is 0 Å². The van der Waals surface area contributed by atoms with Crippen molar-refractivity contribution in [2.75, 3.05) is 6.61 Å². The van der Waals surface area contributed by atoms with Gasteiger partial charge in [0.05, 0.1) is 6.10 Å². The van der Waals surface area contributed by atoms with Crippen LogP contribution in [-0.4, -0.2) is 29.4 Å². The first-order valence-corrected chi connectivity index (χ1v) is 5.30. The van der Waals surface area contributed by atoms with Crippen LogP contribution >= 0.6 is 0 Å². The van der Waals surface area contributed by atoms with E-state index < -0.39 is 6.09 Å². The van der Waals surface area contributed by atoms with Crippen LogP contribution < -0.4 is 5.32 Å². The first kappa shape index (κ1) is 12.0. The van der Waals surface area contributed by atoms with E-state index >= 15 is 0 Å². The fourth-order valence-electron chi connectivity index (χ4n) is 1.78. The van der Waals surface area contributed by atoms with Gasteiger partial charge in [-0.1, -0.05) is 12.7 Å². The molecule has 0 bridgehead atoms. The van der Waals surface area contributed by atoms with Gasteiger partial charge >= 0.3 is 6.09 Å². The van der Waals surface area contributed by atoms with Crippen molar-refractivity contribution >= 4 is 6.09 Å². The fraction of sp³-hybridized carbons (Fsp3) is 0.727. The zero-order chi connectivity index (χ0) is 11.3. The number of amides is 1. The Bertz CT molecular complexity index is 232. The van der Waals surface area contributed by atoms with E-state index in [2.05, 4.69) is 11.9 Å². The quantitative estimate of drug-likeness (QED) is 0.700. The number of carbonyl (C=O) groups excluding carboxylic acids is 1. The lowest BCUT2D eigenvalue weighted by Gasteiger charge is -2.35. The van der Waals surface area contributed by atoms with Crippen LogP contribution in [0.3, 0.4) is 0 Å². The molecule has 1 amide bonds.